The van der Waals surface area contributed by atoms with Crippen molar-refractivity contribution in [3.05, 3.63) is 0 Å². The van der Waals surface area contributed by atoms with E-state index >= 15 is 0 Å². The smallest absolute Gasteiger partial charge is 0.408 e. The zero-order chi connectivity index (χ0) is 13.7. The molecule has 0 bridgehead atoms. The van der Waals surface area contributed by atoms with Gasteiger partial charge in [-0.1, -0.05) is 19.3 Å². The molecule has 2 aliphatic rings. The molecule has 0 radical (unpaired) electrons. The van der Waals surface area contributed by atoms with E-state index in [0.29, 0.717) is 38.9 Å². The summed E-state index contributed by atoms with van der Waals surface area (Å²) in [6, 6.07) is 0. The maximum atomic E-state index is 11.9. The minimum atomic E-state index is -1.14. The molecule has 2 fully saturated rings. The van der Waals surface area contributed by atoms with Crippen molar-refractivity contribution in [3.8, 4) is 0 Å². The molecule has 0 aromatic rings. The fourth-order valence-electron chi connectivity index (χ4n) is 2.72. The van der Waals surface area contributed by atoms with E-state index in [1.807, 2.05) is 0 Å². The molecule has 2 N–H and O–H groups in total. The Balaban J connectivity index is 1.89. The van der Waals surface area contributed by atoms with E-state index in [9.17, 15) is 14.7 Å². The molecule has 0 unspecified atom stereocenters. The molecule has 6 heteroatoms. The number of carbonyl (C=O) groups excluding carboxylic acids is 1. The zero-order valence-corrected chi connectivity index (χ0v) is 11.0. The van der Waals surface area contributed by atoms with Crippen LogP contribution in [0.2, 0.25) is 0 Å². The average Bonchev–Trinajstić information content (AvgIpc) is 2.40. The Labute approximate surface area is 112 Å². The Morgan fingerprint density at radius 1 is 1.16 bits per heavy atom. The summed E-state index contributed by atoms with van der Waals surface area (Å²) in [6.45, 7) is 1.17. The van der Waals surface area contributed by atoms with Gasteiger partial charge in [-0.05, 0) is 12.8 Å². The summed E-state index contributed by atoms with van der Waals surface area (Å²) in [5, 5.41) is 11.9. The fraction of sp³-hybridized carbons (Fsp3) is 0.846. The van der Waals surface area contributed by atoms with E-state index in [0.717, 1.165) is 19.3 Å². The first kappa shape index (κ1) is 14.1. The molecule has 1 saturated carbocycles. The van der Waals surface area contributed by atoms with Gasteiger partial charge in [-0.2, -0.15) is 0 Å². The number of alkyl carbamates (subject to hydrolysis) is 1. The van der Waals surface area contributed by atoms with E-state index in [2.05, 4.69) is 5.32 Å². The Hall–Kier alpha value is -1.30. The van der Waals surface area contributed by atoms with Gasteiger partial charge in [0.2, 0.25) is 0 Å². The van der Waals surface area contributed by atoms with Crippen LogP contribution in [0.25, 0.3) is 0 Å². The second kappa shape index (κ2) is 6.23. The molecule has 1 aliphatic heterocycles. The lowest BCUT2D eigenvalue weighted by molar-refractivity contribution is -0.146. The third kappa shape index (κ3) is 3.59. The number of hydrogen-bond donors (Lipinski definition) is 2. The van der Waals surface area contributed by atoms with E-state index in [-0.39, 0.29) is 6.10 Å². The summed E-state index contributed by atoms with van der Waals surface area (Å²) in [5.74, 6) is -0.962. The van der Waals surface area contributed by atoms with Crippen molar-refractivity contribution < 1.29 is 24.2 Å². The molecule has 0 aromatic heterocycles. The molecule has 6 nitrogen and oxygen atoms in total. The normalized spacial score (nSPS) is 23.6. The SMILES string of the molecule is O=C(NC1(C(=O)O)CCCCC1)OC1CCOCC1. The van der Waals surface area contributed by atoms with Gasteiger partial charge in [0, 0.05) is 12.8 Å². The Morgan fingerprint density at radius 2 is 1.79 bits per heavy atom. The Bertz CT molecular complexity index is 332. The van der Waals surface area contributed by atoms with Gasteiger partial charge in [-0.25, -0.2) is 9.59 Å². The highest BCUT2D eigenvalue weighted by Gasteiger charge is 2.41. The number of amides is 1. The van der Waals surface area contributed by atoms with Crippen molar-refractivity contribution in [1.29, 1.82) is 0 Å². The van der Waals surface area contributed by atoms with E-state index in [1.54, 1.807) is 0 Å². The van der Waals surface area contributed by atoms with Crippen LogP contribution in [0.3, 0.4) is 0 Å². The van der Waals surface area contributed by atoms with Crippen molar-refractivity contribution in [2.75, 3.05) is 13.2 Å². The predicted octanol–water partition coefficient (Wildman–Crippen LogP) is 1.68. The van der Waals surface area contributed by atoms with E-state index < -0.39 is 17.6 Å². The number of hydrogen-bond acceptors (Lipinski definition) is 4. The van der Waals surface area contributed by atoms with Crippen LogP contribution in [0.5, 0.6) is 0 Å². The first-order chi connectivity index (χ1) is 9.12. The van der Waals surface area contributed by atoms with Crippen LogP contribution in [0, 0.1) is 0 Å². The number of aliphatic carboxylic acids is 1. The average molecular weight is 271 g/mol. The molecule has 1 amide bonds. The second-order valence-corrected chi connectivity index (χ2v) is 5.29. The number of nitrogens with one attached hydrogen (secondary N) is 1. The van der Waals surface area contributed by atoms with Gasteiger partial charge in [0.05, 0.1) is 13.2 Å². The van der Waals surface area contributed by atoms with Crippen molar-refractivity contribution in [1.82, 2.24) is 5.32 Å². The summed E-state index contributed by atoms with van der Waals surface area (Å²) in [5.41, 5.74) is -1.14. The summed E-state index contributed by atoms with van der Waals surface area (Å²) in [4.78, 5) is 23.3. The standard InChI is InChI=1S/C13H21NO5/c15-11(16)13(6-2-1-3-7-13)14-12(17)19-10-4-8-18-9-5-10/h10H,1-9H2,(H,14,17)(H,15,16). The van der Waals surface area contributed by atoms with Crippen LogP contribution in [0.15, 0.2) is 0 Å². The van der Waals surface area contributed by atoms with E-state index in [4.69, 9.17) is 9.47 Å². The molecule has 0 spiro atoms. The Morgan fingerprint density at radius 3 is 2.37 bits per heavy atom. The fourth-order valence-corrected chi connectivity index (χ4v) is 2.72. The first-order valence-electron chi connectivity index (χ1n) is 6.92. The minimum absolute atomic E-state index is 0.164. The maximum absolute atomic E-state index is 11.9. The number of carbonyl (C=O) groups is 2. The number of rotatable bonds is 3. The van der Waals surface area contributed by atoms with Crippen LogP contribution in [0.1, 0.15) is 44.9 Å². The predicted molar refractivity (Wildman–Crippen MR) is 66.9 cm³/mol. The summed E-state index contributed by atoms with van der Waals surface area (Å²) < 4.78 is 10.5. The van der Waals surface area contributed by atoms with Gasteiger partial charge in [-0.3, -0.25) is 0 Å². The molecule has 1 heterocycles. The van der Waals surface area contributed by atoms with Crippen LogP contribution < -0.4 is 5.32 Å². The Kier molecular flexibility index (Phi) is 4.63. The van der Waals surface area contributed by atoms with Crippen LogP contribution >= 0.6 is 0 Å². The topological polar surface area (TPSA) is 84.9 Å². The van der Waals surface area contributed by atoms with Crippen molar-refractivity contribution >= 4 is 12.1 Å². The van der Waals surface area contributed by atoms with Crippen LogP contribution in [-0.2, 0) is 14.3 Å². The van der Waals surface area contributed by atoms with Gasteiger partial charge in [-0.15, -0.1) is 0 Å². The lowest BCUT2D eigenvalue weighted by atomic mass is 9.82. The van der Waals surface area contributed by atoms with Crippen LogP contribution in [-0.4, -0.2) is 42.0 Å². The van der Waals surface area contributed by atoms with Gasteiger partial charge in [0.25, 0.3) is 0 Å². The van der Waals surface area contributed by atoms with Gasteiger partial charge in [0.15, 0.2) is 0 Å². The van der Waals surface area contributed by atoms with Crippen molar-refractivity contribution in [2.24, 2.45) is 0 Å². The zero-order valence-electron chi connectivity index (χ0n) is 11.0. The summed E-state index contributed by atoms with van der Waals surface area (Å²) in [7, 11) is 0. The largest absolute Gasteiger partial charge is 0.480 e. The van der Waals surface area contributed by atoms with Gasteiger partial charge >= 0.3 is 12.1 Å². The highest BCUT2D eigenvalue weighted by atomic mass is 16.6. The third-order valence-corrected chi connectivity index (χ3v) is 3.90. The quantitative estimate of drug-likeness (QED) is 0.815. The van der Waals surface area contributed by atoms with Crippen molar-refractivity contribution in [3.63, 3.8) is 0 Å². The molecule has 1 saturated heterocycles. The van der Waals surface area contributed by atoms with Gasteiger partial charge in [0.1, 0.15) is 11.6 Å². The number of carboxylic acid groups (broad SMARTS) is 1. The molecule has 0 atom stereocenters. The lowest BCUT2D eigenvalue weighted by Gasteiger charge is -2.34. The minimum Gasteiger partial charge on any atom is -0.480 e. The third-order valence-electron chi connectivity index (χ3n) is 3.90. The summed E-state index contributed by atoms with van der Waals surface area (Å²) >= 11 is 0. The van der Waals surface area contributed by atoms with Gasteiger partial charge < -0.3 is 19.9 Å². The number of ether oxygens (including phenoxy) is 2. The lowest BCUT2D eigenvalue weighted by Crippen LogP contribution is -2.56. The first-order valence-corrected chi connectivity index (χ1v) is 6.92. The molecule has 19 heavy (non-hydrogen) atoms. The van der Waals surface area contributed by atoms with Crippen LogP contribution in [0.4, 0.5) is 4.79 Å². The second-order valence-electron chi connectivity index (χ2n) is 5.29. The molecular weight excluding hydrogens is 250 g/mol. The van der Waals surface area contributed by atoms with E-state index in [1.165, 1.54) is 0 Å². The highest BCUT2D eigenvalue weighted by Crippen LogP contribution is 2.28. The molecular formula is C13H21NO5. The maximum Gasteiger partial charge on any atom is 0.408 e. The highest BCUT2D eigenvalue weighted by molar-refractivity contribution is 5.84. The molecule has 1 aliphatic carbocycles. The molecule has 2 rings (SSSR count). The number of carboxylic acids is 1. The summed E-state index contributed by atoms with van der Waals surface area (Å²) in [6.07, 6.45) is 4.19. The molecule has 108 valence electrons. The van der Waals surface area contributed by atoms with Crippen molar-refractivity contribution in [2.45, 2.75) is 56.6 Å². The monoisotopic (exact) mass is 271 g/mol. The molecule has 0 aromatic carbocycles.